The maximum atomic E-state index is 5.85. The fraction of sp³-hybridized carbons (Fsp3) is 0.333. The van der Waals surface area contributed by atoms with Crippen LogP contribution in [0.4, 0.5) is 0 Å². The van der Waals surface area contributed by atoms with E-state index < -0.39 is 0 Å². The molecule has 0 saturated heterocycles. The van der Waals surface area contributed by atoms with Crippen molar-refractivity contribution >= 4 is 0 Å². The Morgan fingerprint density at radius 2 is 2.11 bits per heavy atom. The maximum absolute atomic E-state index is 5.85. The van der Waals surface area contributed by atoms with Gasteiger partial charge in [0.25, 0.3) is 0 Å². The van der Waals surface area contributed by atoms with Crippen LogP contribution >= 0.6 is 0 Å². The van der Waals surface area contributed by atoms with Crippen molar-refractivity contribution < 1.29 is 4.74 Å². The van der Waals surface area contributed by atoms with Crippen molar-refractivity contribution in [1.29, 1.82) is 0 Å². The van der Waals surface area contributed by atoms with Crippen LogP contribution in [0.25, 0.3) is 0 Å². The standard InChI is InChI=1S/C18H22O/c1-4-5-6-9-14(2)16-12-13-19-18-11-8-7-10-17(18)15(16)3/h4-11,15-16H,2,12-13H2,1,3H3/b5-4-,9-6-/t15?,16-/m1/s1. The lowest BCUT2D eigenvalue weighted by atomic mass is 9.81. The second kappa shape index (κ2) is 6.42. The molecule has 19 heavy (non-hydrogen) atoms. The summed E-state index contributed by atoms with van der Waals surface area (Å²) < 4.78 is 5.85. The first-order chi connectivity index (χ1) is 9.24. The van der Waals surface area contributed by atoms with E-state index in [4.69, 9.17) is 4.74 Å². The van der Waals surface area contributed by atoms with Crippen LogP contribution in [0.3, 0.4) is 0 Å². The van der Waals surface area contributed by atoms with Crippen LogP contribution in [0, 0.1) is 5.92 Å². The topological polar surface area (TPSA) is 9.23 Å². The van der Waals surface area contributed by atoms with Gasteiger partial charge >= 0.3 is 0 Å². The van der Waals surface area contributed by atoms with Crippen molar-refractivity contribution in [2.75, 3.05) is 6.61 Å². The molecule has 1 aromatic carbocycles. The third-order valence-electron chi connectivity index (χ3n) is 3.79. The summed E-state index contributed by atoms with van der Waals surface area (Å²) in [4.78, 5) is 0. The third-order valence-corrected chi connectivity index (χ3v) is 3.79. The van der Waals surface area contributed by atoms with Crippen molar-refractivity contribution in [2.24, 2.45) is 5.92 Å². The Labute approximate surface area is 116 Å². The highest BCUT2D eigenvalue weighted by molar-refractivity contribution is 5.39. The first kappa shape index (κ1) is 13.7. The molecule has 0 bridgehead atoms. The Bertz CT molecular complexity index is 496. The zero-order valence-corrected chi connectivity index (χ0v) is 11.8. The van der Waals surface area contributed by atoms with Gasteiger partial charge in [0, 0.05) is 0 Å². The number of hydrogen-bond donors (Lipinski definition) is 0. The molecule has 0 spiro atoms. The number of hydrogen-bond acceptors (Lipinski definition) is 1. The largest absolute Gasteiger partial charge is 0.493 e. The number of rotatable bonds is 3. The fourth-order valence-corrected chi connectivity index (χ4v) is 2.67. The molecular weight excluding hydrogens is 232 g/mol. The quantitative estimate of drug-likeness (QED) is 0.699. The molecule has 1 heterocycles. The lowest BCUT2D eigenvalue weighted by Gasteiger charge is -2.22. The van der Waals surface area contributed by atoms with Crippen LogP contribution in [-0.2, 0) is 0 Å². The summed E-state index contributed by atoms with van der Waals surface area (Å²) in [6, 6.07) is 8.35. The molecule has 1 nitrogen and oxygen atoms in total. The molecule has 1 aliphatic heterocycles. The lowest BCUT2D eigenvalue weighted by molar-refractivity contribution is 0.301. The minimum absolute atomic E-state index is 0.446. The average Bonchev–Trinajstić information content (AvgIpc) is 2.59. The lowest BCUT2D eigenvalue weighted by Crippen LogP contribution is -2.11. The number of benzene rings is 1. The van der Waals surface area contributed by atoms with E-state index in [0.717, 1.165) is 18.8 Å². The summed E-state index contributed by atoms with van der Waals surface area (Å²) in [5.41, 5.74) is 2.48. The Balaban J connectivity index is 2.21. The van der Waals surface area contributed by atoms with E-state index in [1.54, 1.807) is 0 Å². The zero-order chi connectivity index (χ0) is 13.7. The van der Waals surface area contributed by atoms with Crippen LogP contribution < -0.4 is 4.74 Å². The third kappa shape index (κ3) is 3.17. The molecule has 1 aliphatic rings. The average molecular weight is 254 g/mol. The Kier molecular flexibility index (Phi) is 4.62. The Morgan fingerprint density at radius 1 is 1.32 bits per heavy atom. The number of ether oxygens (including phenoxy) is 1. The summed E-state index contributed by atoms with van der Waals surface area (Å²) in [5.74, 6) is 1.93. The van der Waals surface area contributed by atoms with Crippen LogP contribution in [-0.4, -0.2) is 6.61 Å². The van der Waals surface area contributed by atoms with Crippen molar-refractivity contribution in [2.45, 2.75) is 26.2 Å². The van der Waals surface area contributed by atoms with Crippen molar-refractivity contribution in [1.82, 2.24) is 0 Å². The van der Waals surface area contributed by atoms with E-state index in [0.29, 0.717) is 11.8 Å². The SMILES string of the molecule is C=C(/C=C\C=C/C)[C@H]1CCOc2ccccc2C1C. The van der Waals surface area contributed by atoms with Gasteiger partial charge in [-0.25, -0.2) is 0 Å². The van der Waals surface area contributed by atoms with E-state index in [9.17, 15) is 0 Å². The van der Waals surface area contributed by atoms with E-state index in [2.05, 4.69) is 43.9 Å². The zero-order valence-electron chi connectivity index (χ0n) is 11.8. The summed E-state index contributed by atoms with van der Waals surface area (Å²) in [6.07, 6.45) is 9.27. The molecule has 0 amide bonds. The molecule has 2 atom stereocenters. The predicted octanol–water partition coefficient (Wildman–Crippen LogP) is 4.88. The summed E-state index contributed by atoms with van der Waals surface area (Å²) in [6.45, 7) is 9.30. The van der Waals surface area contributed by atoms with Gasteiger partial charge in [-0.2, -0.15) is 0 Å². The van der Waals surface area contributed by atoms with E-state index in [1.165, 1.54) is 11.1 Å². The van der Waals surface area contributed by atoms with Crippen molar-refractivity contribution in [3.63, 3.8) is 0 Å². The second-order valence-corrected chi connectivity index (χ2v) is 5.03. The van der Waals surface area contributed by atoms with Crippen molar-refractivity contribution in [3.05, 3.63) is 66.3 Å². The van der Waals surface area contributed by atoms with Gasteiger partial charge in [0.2, 0.25) is 0 Å². The first-order valence-electron chi connectivity index (χ1n) is 6.94. The molecule has 100 valence electrons. The molecule has 2 rings (SSSR count). The highest BCUT2D eigenvalue weighted by Gasteiger charge is 2.25. The Hall–Kier alpha value is -1.76. The van der Waals surface area contributed by atoms with Gasteiger partial charge in [0.05, 0.1) is 6.61 Å². The van der Waals surface area contributed by atoms with Crippen LogP contribution in [0.2, 0.25) is 0 Å². The number of fused-ring (bicyclic) bond motifs is 1. The smallest absolute Gasteiger partial charge is 0.122 e. The van der Waals surface area contributed by atoms with E-state index in [-0.39, 0.29) is 0 Å². The fourth-order valence-electron chi connectivity index (χ4n) is 2.67. The molecule has 1 aromatic rings. The molecule has 1 heteroatoms. The van der Waals surface area contributed by atoms with E-state index in [1.807, 2.05) is 25.1 Å². The van der Waals surface area contributed by atoms with E-state index >= 15 is 0 Å². The molecule has 0 saturated carbocycles. The highest BCUT2D eigenvalue weighted by Crippen LogP contribution is 2.39. The number of allylic oxidation sites excluding steroid dienone is 5. The van der Waals surface area contributed by atoms with Gasteiger partial charge in [-0.05, 0) is 36.8 Å². The maximum Gasteiger partial charge on any atom is 0.122 e. The van der Waals surface area contributed by atoms with Crippen LogP contribution in [0.5, 0.6) is 5.75 Å². The molecule has 0 aliphatic carbocycles. The Morgan fingerprint density at radius 3 is 2.89 bits per heavy atom. The number of para-hydroxylation sites is 1. The van der Waals surface area contributed by atoms with Crippen LogP contribution in [0.15, 0.2) is 60.7 Å². The molecule has 0 N–H and O–H groups in total. The summed E-state index contributed by atoms with van der Waals surface area (Å²) in [7, 11) is 0. The monoisotopic (exact) mass is 254 g/mol. The molecule has 0 radical (unpaired) electrons. The molecule has 0 aromatic heterocycles. The normalized spacial score (nSPS) is 23.1. The first-order valence-corrected chi connectivity index (χ1v) is 6.94. The van der Waals surface area contributed by atoms with Crippen LogP contribution in [0.1, 0.15) is 31.7 Å². The van der Waals surface area contributed by atoms with Gasteiger partial charge in [-0.1, -0.05) is 61.6 Å². The molecular formula is C18H22O. The second-order valence-electron chi connectivity index (χ2n) is 5.03. The van der Waals surface area contributed by atoms with Gasteiger partial charge in [-0.15, -0.1) is 0 Å². The predicted molar refractivity (Wildman–Crippen MR) is 81.6 cm³/mol. The van der Waals surface area contributed by atoms with Crippen molar-refractivity contribution in [3.8, 4) is 5.75 Å². The van der Waals surface area contributed by atoms with Gasteiger partial charge in [0.15, 0.2) is 0 Å². The molecule has 0 fully saturated rings. The van der Waals surface area contributed by atoms with Gasteiger partial charge < -0.3 is 4.74 Å². The summed E-state index contributed by atoms with van der Waals surface area (Å²) >= 11 is 0. The minimum atomic E-state index is 0.446. The van der Waals surface area contributed by atoms with Gasteiger partial charge in [-0.3, -0.25) is 0 Å². The molecule has 1 unspecified atom stereocenters. The highest BCUT2D eigenvalue weighted by atomic mass is 16.5. The van der Waals surface area contributed by atoms with Gasteiger partial charge in [0.1, 0.15) is 5.75 Å². The summed E-state index contributed by atoms with van der Waals surface area (Å²) in [5, 5.41) is 0. The minimum Gasteiger partial charge on any atom is -0.493 e.